The normalized spacial score (nSPS) is 9.56. The monoisotopic (exact) mass is 202 g/mol. The van der Waals surface area contributed by atoms with E-state index < -0.39 is 0 Å². The van der Waals surface area contributed by atoms with Gasteiger partial charge in [-0.3, -0.25) is 0 Å². The van der Waals surface area contributed by atoms with E-state index in [0.717, 1.165) is 10.2 Å². The molecule has 2 heteroatoms. The molecule has 0 amide bonds. The highest BCUT2D eigenvalue weighted by Gasteiger charge is 1.91. The van der Waals surface area contributed by atoms with Crippen LogP contribution in [0.1, 0.15) is 5.56 Å². The van der Waals surface area contributed by atoms with Crippen LogP contribution in [0, 0.1) is 0 Å². The van der Waals surface area contributed by atoms with Gasteiger partial charge in [0, 0.05) is 10.2 Å². The molecule has 0 bridgehead atoms. The molecule has 0 aromatic heterocycles. The molecule has 0 nitrogen and oxygen atoms in total. The van der Waals surface area contributed by atoms with E-state index in [9.17, 15) is 0 Å². The number of benzene rings is 1. The molecule has 1 aromatic rings. The van der Waals surface area contributed by atoms with Gasteiger partial charge in [-0.25, -0.2) is 0 Å². The zero-order valence-corrected chi connectivity index (χ0v) is 7.32. The second kappa shape index (κ2) is 3.28. The number of rotatable bonds is 1. The van der Waals surface area contributed by atoms with E-state index in [-0.39, 0.29) is 0 Å². The lowest BCUT2D eigenvalue weighted by molar-refractivity contribution is 1.29. The van der Waals surface area contributed by atoms with E-state index in [4.69, 9.17) is 0 Å². The SMILES string of the molecule is Sc1ccccc1CBr. The van der Waals surface area contributed by atoms with E-state index >= 15 is 0 Å². The lowest BCUT2D eigenvalue weighted by atomic mass is 10.2. The van der Waals surface area contributed by atoms with Crippen LogP contribution >= 0.6 is 28.6 Å². The fourth-order valence-electron chi connectivity index (χ4n) is 0.624. The van der Waals surface area contributed by atoms with E-state index in [1.165, 1.54) is 5.56 Å². The molecule has 0 aliphatic heterocycles. The smallest absolute Gasteiger partial charge is 0.0294 e. The number of hydrogen-bond donors (Lipinski definition) is 1. The summed E-state index contributed by atoms with van der Waals surface area (Å²) < 4.78 is 0. The molecule has 0 heterocycles. The number of thiol groups is 1. The Bertz CT molecular complexity index is 198. The first kappa shape index (κ1) is 7.16. The van der Waals surface area contributed by atoms with Crippen LogP contribution < -0.4 is 0 Å². The predicted molar refractivity (Wildman–Crippen MR) is 46.3 cm³/mol. The summed E-state index contributed by atoms with van der Waals surface area (Å²) in [6.45, 7) is 0. The summed E-state index contributed by atoms with van der Waals surface area (Å²) in [4.78, 5) is 1.05. The second-order valence-corrected chi connectivity index (χ2v) is 2.80. The molecule has 0 fully saturated rings. The van der Waals surface area contributed by atoms with Gasteiger partial charge in [-0.1, -0.05) is 34.1 Å². The van der Waals surface area contributed by atoms with Crippen molar-refractivity contribution in [2.45, 2.75) is 10.2 Å². The van der Waals surface area contributed by atoms with Gasteiger partial charge in [0.1, 0.15) is 0 Å². The summed E-state index contributed by atoms with van der Waals surface area (Å²) in [5.74, 6) is 0. The quantitative estimate of drug-likeness (QED) is 0.526. The van der Waals surface area contributed by atoms with E-state index in [1.807, 2.05) is 18.2 Å². The van der Waals surface area contributed by atoms with Crippen LogP contribution in [0.4, 0.5) is 0 Å². The van der Waals surface area contributed by atoms with Crippen molar-refractivity contribution in [2.24, 2.45) is 0 Å². The standard InChI is InChI=1S/C7H7BrS/c8-5-6-3-1-2-4-7(6)9/h1-4,9H,5H2. The molecule has 1 aromatic carbocycles. The topological polar surface area (TPSA) is 0 Å². The molecule has 0 spiro atoms. The Labute approximate surface area is 68.8 Å². The fraction of sp³-hybridized carbons (Fsp3) is 0.143. The van der Waals surface area contributed by atoms with E-state index in [1.54, 1.807) is 0 Å². The fourth-order valence-corrected chi connectivity index (χ4v) is 1.57. The Hall–Kier alpha value is 0.0500. The molecule has 9 heavy (non-hydrogen) atoms. The highest BCUT2D eigenvalue weighted by atomic mass is 79.9. The van der Waals surface area contributed by atoms with Gasteiger partial charge in [0.05, 0.1) is 0 Å². The molecule has 0 atom stereocenters. The highest BCUT2D eigenvalue weighted by Crippen LogP contribution is 2.14. The molecular weight excluding hydrogens is 196 g/mol. The Kier molecular flexibility index (Phi) is 2.61. The first-order valence-electron chi connectivity index (χ1n) is 2.67. The average Bonchev–Trinajstić information content (AvgIpc) is 1.89. The minimum absolute atomic E-state index is 0.882. The summed E-state index contributed by atoms with van der Waals surface area (Å²) >= 11 is 7.61. The number of halogens is 1. The van der Waals surface area contributed by atoms with Gasteiger partial charge in [0.25, 0.3) is 0 Å². The predicted octanol–water partition coefficient (Wildman–Crippen LogP) is 2.87. The minimum Gasteiger partial charge on any atom is -0.143 e. The molecule has 0 saturated carbocycles. The van der Waals surface area contributed by atoms with Crippen molar-refractivity contribution in [2.75, 3.05) is 0 Å². The molecule has 0 unspecified atom stereocenters. The Morgan fingerprint density at radius 2 is 2.00 bits per heavy atom. The maximum atomic E-state index is 4.25. The van der Waals surface area contributed by atoms with Crippen molar-refractivity contribution >= 4 is 28.6 Å². The van der Waals surface area contributed by atoms with E-state index in [2.05, 4.69) is 34.6 Å². The molecular formula is C7H7BrS. The van der Waals surface area contributed by atoms with Crippen LogP contribution in [0.3, 0.4) is 0 Å². The van der Waals surface area contributed by atoms with Crippen LogP contribution in [0.2, 0.25) is 0 Å². The third-order valence-electron chi connectivity index (χ3n) is 1.14. The average molecular weight is 203 g/mol. The highest BCUT2D eigenvalue weighted by molar-refractivity contribution is 9.08. The van der Waals surface area contributed by atoms with Gasteiger partial charge < -0.3 is 0 Å². The second-order valence-electron chi connectivity index (χ2n) is 1.76. The van der Waals surface area contributed by atoms with Crippen LogP contribution in [0.5, 0.6) is 0 Å². The van der Waals surface area contributed by atoms with Gasteiger partial charge in [0.2, 0.25) is 0 Å². The summed E-state index contributed by atoms with van der Waals surface area (Å²) in [5, 5.41) is 0.882. The zero-order valence-electron chi connectivity index (χ0n) is 4.84. The Morgan fingerprint density at radius 1 is 1.33 bits per heavy atom. The summed E-state index contributed by atoms with van der Waals surface area (Å²) in [6.07, 6.45) is 0. The van der Waals surface area contributed by atoms with Crippen LogP contribution in [-0.4, -0.2) is 0 Å². The van der Waals surface area contributed by atoms with Crippen molar-refractivity contribution in [3.63, 3.8) is 0 Å². The number of hydrogen-bond acceptors (Lipinski definition) is 1. The van der Waals surface area contributed by atoms with Crippen molar-refractivity contribution < 1.29 is 0 Å². The molecule has 0 radical (unpaired) electrons. The van der Waals surface area contributed by atoms with E-state index in [0.29, 0.717) is 0 Å². The van der Waals surface area contributed by atoms with Crippen molar-refractivity contribution in [3.8, 4) is 0 Å². The van der Waals surface area contributed by atoms with Gasteiger partial charge in [0.15, 0.2) is 0 Å². The largest absolute Gasteiger partial charge is 0.143 e. The number of alkyl halides is 1. The van der Waals surface area contributed by atoms with Crippen molar-refractivity contribution in [1.82, 2.24) is 0 Å². The van der Waals surface area contributed by atoms with Gasteiger partial charge in [-0.15, -0.1) is 12.6 Å². The van der Waals surface area contributed by atoms with Crippen LogP contribution in [-0.2, 0) is 5.33 Å². The maximum absolute atomic E-state index is 4.25. The summed E-state index contributed by atoms with van der Waals surface area (Å²) in [7, 11) is 0. The van der Waals surface area contributed by atoms with Crippen LogP contribution in [0.15, 0.2) is 29.2 Å². The summed E-state index contributed by atoms with van der Waals surface area (Å²) in [6, 6.07) is 8.03. The third-order valence-corrected chi connectivity index (χ3v) is 2.18. The zero-order chi connectivity index (χ0) is 6.69. The Balaban J connectivity index is 3.01. The Morgan fingerprint density at radius 3 is 2.44 bits per heavy atom. The van der Waals surface area contributed by atoms with Crippen molar-refractivity contribution in [3.05, 3.63) is 29.8 Å². The lowest BCUT2D eigenvalue weighted by Gasteiger charge is -1.96. The molecule has 0 aliphatic rings. The van der Waals surface area contributed by atoms with Gasteiger partial charge in [-0.2, -0.15) is 0 Å². The first-order chi connectivity index (χ1) is 4.34. The molecule has 0 aliphatic carbocycles. The van der Waals surface area contributed by atoms with Gasteiger partial charge in [-0.05, 0) is 11.6 Å². The maximum Gasteiger partial charge on any atom is 0.0294 e. The van der Waals surface area contributed by atoms with Crippen LogP contribution in [0.25, 0.3) is 0 Å². The van der Waals surface area contributed by atoms with Gasteiger partial charge >= 0.3 is 0 Å². The minimum atomic E-state index is 0.882. The molecule has 0 N–H and O–H groups in total. The third kappa shape index (κ3) is 1.73. The molecule has 48 valence electrons. The van der Waals surface area contributed by atoms with Crippen molar-refractivity contribution in [1.29, 1.82) is 0 Å². The summed E-state index contributed by atoms with van der Waals surface area (Å²) in [5.41, 5.74) is 1.24. The lowest BCUT2D eigenvalue weighted by Crippen LogP contribution is -1.76. The molecule has 0 saturated heterocycles. The first-order valence-corrected chi connectivity index (χ1v) is 4.24. The molecule has 1 rings (SSSR count).